The first-order valence-corrected chi connectivity index (χ1v) is 5.64. The van der Waals surface area contributed by atoms with Gasteiger partial charge in [-0.05, 0) is 6.92 Å². The van der Waals surface area contributed by atoms with Gasteiger partial charge in [0.2, 0.25) is 0 Å². The fourth-order valence-corrected chi connectivity index (χ4v) is 1.50. The van der Waals surface area contributed by atoms with Gasteiger partial charge < -0.3 is 15.2 Å². The minimum atomic E-state index is -5.28. The van der Waals surface area contributed by atoms with E-state index in [1.54, 1.807) is 0 Å². The van der Waals surface area contributed by atoms with Crippen LogP contribution in [0.1, 0.15) is 35.0 Å². The van der Waals surface area contributed by atoms with Gasteiger partial charge in [-0.2, -0.15) is 0 Å². The number of rotatable bonds is 5. The average molecular weight is 314 g/mol. The van der Waals surface area contributed by atoms with E-state index in [1.165, 1.54) is 6.92 Å². The summed E-state index contributed by atoms with van der Waals surface area (Å²) in [6.07, 6.45) is -7.86. The third-order valence-electron chi connectivity index (χ3n) is 2.26. The van der Waals surface area contributed by atoms with Gasteiger partial charge in [0.25, 0.3) is 6.43 Å². The van der Waals surface area contributed by atoms with E-state index in [2.05, 4.69) is 14.5 Å². The minimum Gasteiger partial charge on any atom is -0.462 e. The first-order chi connectivity index (χ1) is 9.71. The van der Waals surface area contributed by atoms with E-state index in [4.69, 9.17) is 5.73 Å². The second-order valence-corrected chi connectivity index (χ2v) is 3.65. The van der Waals surface area contributed by atoms with E-state index in [0.29, 0.717) is 0 Å². The molecule has 21 heavy (non-hydrogen) atoms. The van der Waals surface area contributed by atoms with E-state index in [1.807, 2.05) is 0 Å². The highest BCUT2D eigenvalue weighted by atomic mass is 19.4. The molecule has 0 aromatic carbocycles. The van der Waals surface area contributed by atoms with Crippen LogP contribution in [0.2, 0.25) is 0 Å². The lowest BCUT2D eigenvalue weighted by Gasteiger charge is -2.17. The Morgan fingerprint density at radius 3 is 2.48 bits per heavy atom. The summed E-state index contributed by atoms with van der Waals surface area (Å²) in [5.41, 5.74) is 2.96. The molecule has 0 spiro atoms. The topological polar surface area (TPSA) is 74.4 Å². The Labute approximate surface area is 115 Å². The molecule has 5 nitrogen and oxygen atoms in total. The highest BCUT2D eigenvalue weighted by molar-refractivity contribution is 5.94. The number of nitrogens with zero attached hydrogens (tertiary/aromatic N) is 1. The van der Waals surface area contributed by atoms with Crippen LogP contribution in [-0.4, -0.2) is 23.9 Å². The van der Waals surface area contributed by atoms with Crippen LogP contribution in [0.25, 0.3) is 0 Å². The van der Waals surface area contributed by atoms with Crippen LogP contribution in [-0.2, 0) is 11.3 Å². The Balaban J connectivity index is 3.52. The molecule has 118 valence electrons. The fourth-order valence-electron chi connectivity index (χ4n) is 1.50. The molecule has 0 fully saturated rings. The van der Waals surface area contributed by atoms with Gasteiger partial charge in [-0.15, -0.1) is 13.2 Å². The van der Waals surface area contributed by atoms with E-state index in [-0.39, 0.29) is 12.2 Å². The normalized spacial score (nSPS) is 11.6. The lowest BCUT2D eigenvalue weighted by atomic mass is 10.1. The van der Waals surface area contributed by atoms with Gasteiger partial charge in [0.1, 0.15) is 11.3 Å². The number of carbonyl (C=O) groups is 1. The molecule has 1 rings (SSSR count). The van der Waals surface area contributed by atoms with Crippen molar-refractivity contribution in [1.29, 1.82) is 0 Å². The maximum absolute atomic E-state index is 12.8. The Morgan fingerprint density at radius 2 is 2.05 bits per heavy atom. The van der Waals surface area contributed by atoms with E-state index < -0.39 is 42.3 Å². The van der Waals surface area contributed by atoms with Crippen molar-refractivity contribution >= 4 is 5.97 Å². The molecule has 1 aromatic rings. The van der Waals surface area contributed by atoms with Crippen molar-refractivity contribution in [1.82, 2.24) is 4.98 Å². The van der Waals surface area contributed by atoms with Crippen molar-refractivity contribution in [3.63, 3.8) is 0 Å². The van der Waals surface area contributed by atoms with E-state index >= 15 is 0 Å². The third kappa shape index (κ3) is 4.25. The van der Waals surface area contributed by atoms with Crippen LogP contribution in [0.4, 0.5) is 22.0 Å². The molecule has 0 amide bonds. The zero-order chi connectivity index (χ0) is 16.2. The highest BCUT2D eigenvalue weighted by Crippen LogP contribution is 2.36. The number of esters is 1. The monoisotopic (exact) mass is 314 g/mol. The molecule has 0 unspecified atom stereocenters. The molecular weight excluding hydrogens is 303 g/mol. The van der Waals surface area contributed by atoms with Gasteiger partial charge in [-0.25, -0.2) is 13.6 Å². The molecule has 10 heteroatoms. The Morgan fingerprint density at radius 1 is 1.43 bits per heavy atom. The standard InChI is InChI=1S/C11H11F5N2O3/c1-2-20-10(19)6-5(3-17)4-18-7(9(12)13)8(6)21-11(14,15)16/h4,9H,2-3,17H2,1H3. The molecule has 0 aliphatic heterocycles. The molecule has 0 radical (unpaired) electrons. The first kappa shape index (κ1) is 17.1. The number of hydrogen-bond acceptors (Lipinski definition) is 5. The van der Waals surface area contributed by atoms with E-state index in [0.717, 1.165) is 6.20 Å². The predicted octanol–water partition coefficient (Wildman–Crippen LogP) is 2.55. The molecule has 2 N–H and O–H groups in total. The maximum atomic E-state index is 12.8. The van der Waals surface area contributed by atoms with Crippen LogP contribution < -0.4 is 10.5 Å². The Hall–Kier alpha value is -1.97. The van der Waals surface area contributed by atoms with Crippen molar-refractivity contribution < 1.29 is 36.2 Å². The number of nitrogens with two attached hydrogens (primary N) is 1. The Kier molecular flexibility index (Phi) is 5.41. The van der Waals surface area contributed by atoms with Crippen LogP contribution in [0.15, 0.2) is 6.20 Å². The van der Waals surface area contributed by atoms with Crippen molar-refractivity contribution in [2.75, 3.05) is 6.61 Å². The van der Waals surface area contributed by atoms with Crippen molar-refractivity contribution in [2.24, 2.45) is 5.73 Å². The molecule has 0 saturated heterocycles. The van der Waals surface area contributed by atoms with Crippen LogP contribution >= 0.6 is 0 Å². The van der Waals surface area contributed by atoms with Gasteiger partial charge in [0.15, 0.2) is 5.75 Å². The predicted molar refractivity (Wildman–Crippen MR) is 59.7 cm³/mol. The Bertz CT molecular complexity index is 519. The summed E-state index contributed by atoms with van der Waals surface area (Å²) in [7, 11) is 0. The van der Waals surface area contributed by atoms with Crippen LogP contribution in [0, 0.1) is 0 Å². The number of alkyl halides is 5. The highest BCUT2D eigenvalue weighted by Gasteiger charge is 2.37. The zero-order valence-corrected chi connectivity index (χ0v) is 10.7. The number of ether oxygens (including phenoxy) is 2. The molecule has 0 atom stereocenters. The minimum absolute atomic E-state index is 0.166. The van der Waals surface area contributed by atoms with Gasteiger partial charge in [-0.1, -0.05) is 0 Å². The largest absolute Gasteiger partial charge is 0.573 e. The average Bonchev–Trinajstić information content (AvgIpc) is 2.35. The summed E-state index contributed by atoms with van der Waals surface area (Å²) in [5.74, 6) is -2.64. The lowest BCUT2D eigenvalue weighted by Crippen LogP contribution is -2.23. The lowest BCUT2D eigenvalue weighted by molar-refractivity contribution is -0.275. The number of aromatic nitrogens is 1. The second kappa shape index (κ2) is 6.66. The fraction of sp³-hybridized carbons (Fsp3) is 0.455. The smallest absolute Gasteiger partial charge is 0.462 e. The summed E-state index contributed by atoms with van der Waals surface area (Å²) in [5, 5.41) is 0. The summed E-state index contributed by atoms with van der Waals surface area (Å²) in [4.78, 5) is 14.9. The zero-order valence-electron chi connectivity index (χ0n) is 10.7. The summed E-state index contributed by atoms with van der Waals surface area (Å²) < 4.78 is 70.7. The van der Waals surface area contributed by atoms with Gasteiger partial charge in [0.05, 0.1) is 6.61 Å². The van der Waals surface area contributed by atoms with Gasteiger partial charge >= 0.3 is 12.3 Å². The molecule has 1 heterocycles. The number of halogens is 5. The van der Waals surface area contributed by atoms with E-state index in [9.17, 15) is 26.7 Å². The van der Waals surface area contributed by atoms with Crippen LogP contribution in [0.3, 0.4) is 0 Å². The maximum Gasteiger partial charge on any atom is 0.573 e. The molecule has 0 aliphatic rings. The van der Waals surface area contributed by atoms with Crippen molar-refractivity contribution in [3.8, 4) is 5.75 Å². The van der Waals surface area contributed by atoms with Gasteiger partial charge in [-0.3, -0.25) is 4.98 Å². The van der Waals surface area contributed by atoms with Crippen molar-refractivity contribution in [2.45, 2.75) is 26.3 Å². The number of hydrogen-bond donors (Lipinski definition) is 1. The summed E-state index contributed by atoms with van der Waals surface area (Å²) >= 11 is 0. The van der Waals surface area contributed by atoms with Crippen molar-refractivity contribution in [3.05, 3.63) is 23.0 Å². The van der Waals surface area contributed by atoms with Crippen LogP contribution in [0.5, 0.6) is 5.75 Å². The molecule has 0 bridgehead atoms. The second-order valence-electron chi connectivity index (χ2n) is 3.65. The summed E-state index contributed by atoms with van der Waals surface area (Å²) in [6.45, 7) is 0.832. The SMILES string of the molecule is CCOC(=O)c1c(CN)cnc(C(F)F)c1OC(F)(F)F. The summed E-state index contributed by atoms with van der Waals surface area (Å²) in [6, 6.07) is 0. The van der Waals surface area contributed by atoms with Gasteiger partial charge in [0, 0.05) is 18.3 Å². The molecule has 0 saturated carbocycles. The first-order valence-electron chi connectivity index (χ1n) is 5.64. The molecule has 1 aromatic heterocycles. The quantitative estimate of drug-likeness (QED) is 0.668. The molecular formula is C11H11F5N2O3. The third-order valence-corrected chi connectivity index (χ3v) is 2.26. The molecule has 0 aliphatic carbocycles. The number of pyridine rings is 1. The number of carbonyl (C=O) groups excluding carboxylic acids is 1.